The highest BCUT2D eigenvalue weighted by atomic mass is 32.2. The number of nitrogens with zero attached hydrogens (tertiary/aromatic N) is 2. The van der Waals surface area contributed by atoms with Crippen LogP contribution in [0.4, 0.5) is 10.1 Å². The van der Waals surface area contributed by atoms with Crippen molar-refractivity contribution in [3.8, 4) is 5.75 Å². The number of aryl methyl sites for hydroxylation is 1. The molecule has 2 amide bonds. The zero-order valence-corrected chi connectivity index (χ0v) is 27.3. The maximum Gasteiger partial charge on any atom is 0.264 e. The molecule has 10 heteroatoms. The number of rotatable bonds is 14. The molecule has 0 spiro atoms. The first-order valence-corrected chi connectivity index (χ1v) is 16.6. The minimum absolute atomic E-state index is 0.0159. The normalized spacial score (nSPS) is 12.5. The highest BCUT2D eigenvalue weighted by Crippen LogP contribution is 2.27. The summed E-state index contributed by atoms with van der Waals surface area (Å²) in [4.78, 5) is 29.8. The van der Waals surface area contributed by atoms with Crippen LogP contribution in [0.2, 0.25) is 0 Å². The number of sulfonamides is 1. The Kier molecular flexibility index (Phi) is 11.5. The monoisotopic (exact) mass is 645 g/mol. The molecule has 4 aromatic rings. The third-order valence-electron chi connectivity index (χ3n) is 7.79. The molecule has 0 saturated heterocycles. The second-order valence-electron chi connectivity index (χ2n) is 11.2. The number of benzene rings is 4. The van der Waals surface area contributed by atoms with E-state index in [9.17, 15) is 22.4 Å². The Balaban J connectivity index is 1.80. The number of nitrogens with one attached hydrogen (secondary N) is 1. The summed E-state index contributed by atoms with van der Waals surface area (Å²) in [5, 5.41) is 3.00. The Hall–Kier alpha value is -4.70. The van der Waals surface area contributed by atoms with Gasteiger partial charge in [0.05, 0.1) is 17.7 Å². The summed E-state index contributed by atoms with van der Waals surface area (Å²) >= 11 is 0. The van der Waals surface area contributed by atoms with Gasteiger partial charge >= 0.3 is 0 Å². The minimum Gasteiger partial charge on any atom is -0.497 e. The van der Waals surface area contributed by atoms with E-state index >= 15 is 0 Å². The molecule has 0 radical (unpaired) electrons. The molecule has 242 valence electrons. The second kappa shape index (κ2) is 15.5. The molecule has 0 bridgehead atoms. The zero-order chi connectivity index (χ0) is 33.3. The molecule has 0 aromatic heterocycles. The summed E-state index contributed by atoms with van der Waals surface area (Å²) in [6.07, 6.45) is 0.860. The minimum atomic E-state index is -4.23. The van der Waals surface area contributed by atoms with Crippen LogP contribution in [0.15, 0.2) is 108 Å². The van der Waals surface area contributed by atoms with Crippen molar-refractivity contribution in [2.75, 3.05) is 18.0 Å². The fourth-order valence-electron chi connectivity index (χ4n) is 4.90. The maximum atomic E-state index is 14.5. The first kappa shape index (κ1) is 34.2. The molecule has 0 aliphatic heterocycles. The van der Waals surface area contributed by atoms with Gasteiger partial charge in [0.15, 0.2) is 0 Å². The summed E-state index contributed by atoms with van der Waals surface area (Å²) in [5.74, 6) is -0.890. The number of amides is 2. The Morgan fingerprint density at radius 1 is 0.870 bits per heavy atom. The van der Waals surface area contributed by atoms with E-state index in [0.29, 0.717) is 17.7 Å². The standard InChI is InChI=1S/C36H40FN3O5S/c1-5-27(3)38-36(42)34(23-28-9-7-6-8-10-28)39(24-29-13-15-30(37)16-14-29)35(41)25-40(31-17-19-32(45-4)20-18-31)46(43,44)33-21-11-26(2)12-22-33/h6-22,27,34H,5,23-25H2,1-4H3,(H,38,42)/t27-,34-/m1/s1. The van der Waals surface area contributed by atoms with Crippen LogP contribution in [0.25, 0.3) is 0 Å². The summed E-state index contributed by atoms with van der Waals surface area (Å²) in [5.41, 5.74) is 2.54. The van der Waals surface area contributed by atoms with Gasteiger partial charge in [-0.05, 0) is 79.9 Å². The van der Waals surface area contributed by atoms with Crippen LogP contribution in [0.5, 0.6) is 5.75 Å². The zero-order valence-electron chi connectivity index (χ0n) is 26.5. The average molecular weight is 646 g/mol. The number of ether oxygens (including phenoxy) is 1. The maximum absolute atomic E-state index is 14.5. The van der Waals surface area contributed by atoms with Crippen molar-refractivity contribution in [3.05, 3.63) is 126 Å². The Bertz CT molecular complexity index is 1700. The molecule has 0 saturated carbocycles. The van der Waals surface area contributed by atoms with Crippen molar-refractivity contribution < 1.29 is 27.1 Å². The average Bonchev–Trinajstić information content (AvgIpc) is 3.06. The highest BCUT2D eigenvalue weighted by molar-refractivity contribution is 7.92. The van der Waals surface area contributed by atoms with E-state index in [1.165, 1.54) is 36.3 Å². The summed E-state index contributed by atoms with van der Waals surface area (Å²) in [7, 11) is -2.73. The molecule has 46 heavy (non-hydrogen) atoms. The molecule has 4 rings (SSSR count). The number of halogens is 1. The van der Waals surface area contributed by atoms with Crippen LogP contribution in [0.1, 0.15) is 37.0 Å². The van der Waals surface area contributed by atoms with E-state index in [0.717, 1.165) is 15.4 Å². The van der Waals surface area contributed by atoms with Crippen LogP contribution in [0.3, 0.4) is 0 Å². The quantitative estimate of drug-likeness (QED) is 0.185. The number of hydrogen-bond acceptors (Lipinski definition) is 5. The molecule has 0 unspecified atom stereocenters. The first-order valence-electron chi connectivity index (χ1n) is 15.1. The molecule has 0 fully saturated rings. The van der Waals surface area contributed by atoms with Crippen LogP contribution < -0.4 is 14.4 Å². The Morgan fingerprint density at radius 2 is 1.50 bits per heavy atom. The van der Waals surface area contributed by atoms with Crippen LogP contribution in [0, 0.1) is 12.7 Å². The van der Waals surface area contributed by atoms with Gasteiger partial charge in [-0.2, -0.15) is 0 Å². The van der Waals surface area contributed by atoms with Gasteiger partial charge in [-0.3, -0.25) is 13.9 Å². The van der Waals surface area contributed by atoms with Gasteiger partial charge in [-0.25, -0.2) is 12.8 Å². The van der Waals surface area contributed by atoms with Crippen molar-refractivity contribution in [3.63, 3.8) is 0 Å². The predicted octanol–water partition coefficient (Wildman–Crippen LogP) is 5.89. The number of anilines is 1. The molecule has 0 heterocycles. The fraction of sp³-hybridized carbons (Fsp3) is 0.278. The summed E-state index contributed by atoms with van der Waals surface area (Å²) in [6.45, 7) is 5.04. The SMILES string of the molecule is CC[C@@H](C)NC(=O)[C@@H](Cc1ccccc1)N(Cc1ccc(F)cc1)C(=O)CN(c1ccc(OC)cc1)S(=O)(=O)c1ccc(C)cc1. The highest BCUT2D eigenvalue weighted by Gasteiger charge is 2.35. The van der Waals surface area contributed by atoms with Crippen molar-refractivity contribution in [2.24, 2.45) is 0 Å². The van der Waals surface area contributed by atoms with E-state index in [1.807, 2.05) is 51.1 Å². The molecule has 8 nitrogen and oxygen atoms in total. The lowest BCUT2D eigenvalue weighted by molar-refractivity contribution is -0.140. The van der Waals surface area contributed by atoms with Gasteiger partial charge in [0, 0.05) is 19.0 Å². The van der Waals surface area contributed by atoms with E-state index < -0.39 is 34.3 Å². The Morgan fingerprint density at radius 3 is 2.09 bits per heavy atom. The molecule has 0 aliphatic rings. The molecule has 1 N–H and O–H groups in total. The Labute approximate surface area is 270 Å². The van der Waals surface area contributed by atoms with Crippen molar-refractivity contribution in [1.82, 2.24) is 10.2 Å². The predicted molar refractivity (Wildman–Crippen MR) is 177 cm³/mol. The molecule has 0 aliphatic carbocycles. The van der Waals surface area contributed by atoms with Gasteiger partial charge < -0.3 is 15.0 Å². The fourth-order valence-corrected chi connectivity index (χ4v) is 6.31. The first-order chi connectivity index (χ1) is 22.0. The third-order valence-corrected chi connectivity index (χ3v) is 9.57. The molecular formula is C36H40FN3O5S. The lowest BCUT2D eigenvalue weighted by atomic mass is 10.0. The number of hydrogen-bond donors (Lipinski definition) is 1. The third kappa shape index (κ3) is 8.72. The van der Waals surface area contributed by atoms with E-state index in [2.05, 4.69) is 5.32 Å². The summed E-state index contributed by atoms with van der Waals surface area (Å²) in [6, 6.07) is 26.6. The summed E-state index contributed by atoms with van der Waals surface area (Å²) < 4.78 is 48.4. The van der Waals surface area contributed by atoms with E-state index in [1.54, 1.807) is 48.5 Å². The van der Waals surface area contributed by atoms with Gasteiger partial charge in [0.1, 0.15) is 24.2 Å². The van der Waals surface area contributed by atoms with Gasteiger partial charge in [-0.1, -0.05) is 67.1 Å². The van der Waals surface area contributed by atoms with Crippen LogP contribution in [-0.4, -0.2) is 50.9 Å². The van der Waals surface area contributed by atoms with E-state index in [-0.39, 0.29) is 35.5 Å². The number of carbonyl (C=O) groups is 2. The van der Waals surface area contributed by atoms with Gasteiger partial charge in [0.2, 0.25) is 11.8 Å². The van der Waals surface area contributed by atoms with Crippen molar-refractivity contribution in [1.29, 1.82) is 0 Å². The van der Waals surface area contributed by atoms with Gasteiger partial charge in [0.25, 0.3) is 10.0 Å². The molecule has 4 aromatic carbocycles. The van der Waals surface area contributed by atoms with E-state index in [4.69, 9.17) is 4.74 Å². The lowest BCUT2D eigenvalue weighted by Crippen LogP contribution is -2.54. The van der Waals surface area contributed by atoms with Crippen molar-refractivity contribution >= 4 is 27.5 Å². The lowest BCUT2D eigenvalue weighted by Gasteiger charge is -2.34. The van der Waals surface area contributed by atoms with Gasteiger partial charge in [-0.15, -0.1) is 0 Å². The van der Waals surface area contributed by atoms with Crippen molar-refractivity contribution in [2.45, 2.75) is 57.1 Å². The second-order valence-corrected chi connectivity index (χ2v) is 13.1. The number of carbonyl (C=O) groups excluding carboxylic acids is 2. The smallest absolute Gasteiger partial charge is 0.264 e. The van der Waals surface area contributed by atoms with Crippen LogP contribution in [-0.2, 0) is 32.6 Å². The number of methoxy groups -OCH3 is 1. The topological polar surface area (TPSA) is 96.0 Å². The molecule has 2 atom stereocenters. The van der Waals surface area contributed by atoms with Crippen LogP contribution >= 0.6 is 0 Å². The molecular weight excluding hydrogens is 605 g/mol. The largest absolute Gasteiger partial charge is 0.497 e.